The maximum atomic E-state index is 13.8. The van der Waals surface area contributed by atoms with Gasteiger partial charge in [0.2, 0.25) is 0 Å². The fraction of sp³-hybridized carbons (Fsp3) is 0.208. The quantitative estimate of drug-likeness (QED) is 0.410. The molecule has 0 bridgehead atoms. The van der Waals surface area contributed by atoms with Crippen LogP contribution in [0.25, 0.3) is 0 Å². The Kier molecular flexibility index (Phi) is 5.93. The van der Waals surface area contributed by atoms with Crippen LogP contribution in [0, 0.1) is 18.2 Å². The van der Waals surface area contributed by atoms with E-state index in [0.29, 0.717) is 23.9 Å². The molecule has 2 heterocycles. The second kappa shape index (κ2) is 8.95. The van der Waals surface area contributed by atoms with Gasteiger partial charge in [-0.3, -0.25) is 10.2 Å². The molecule has 1 aliphatic rings. The van der Waals surface area contributed by atoms with E-state index in [4.69, 9.17) is 5.41 Å². The first-order valence-corrected chi connectivity index (χ1v) is 10.2. The highest BCUT2D eigenvalue weighted by atomic mass is 19.1. The predicted octanol–water partition coefficient (Wildman–Crippen LogP) is 4.42. The Hall–Kier alpha value is -3.74. The first kappa shape index (κ1) is 20.5. The number of halogens is 1. The number of amides is 1. The number of hydrogen-bond donors (Lipinski definition) is 3. The third-order valence-corrected chi connectivity index (χ3v) is 5.26. The maximum Gasteiger partial charge on any atom is 0.259 e. The molecule has 2 aromatic carbocycles. The van der Waals surface area contributed by atoms with Crippen molar-refractivity contribution in [3.8, 4) is 0 Å². The molecule has 1 fully saturated rings. The SMILES string of the molecule is Cc1ccc(NC(=O)c2cc(F)ccc2NCc2ccc(C(=N)N3CCC3)cc2)nc1. The normalized spacial score (nSPS) is 12.8. The second-order valence-electron chi connectivity index (χ2n) is 7.60. The molecule has 0 spiro atoms. The maximum absolute atomic E-state index is 13.8. The summed E-state index contributed by atoms with van der Waals surface area (Å²) in [6, 6.07) is 15.4. The van der Waals surface area contributed by atoms with Crippen molar-refractivity contribution in [2.24, 2.45) is 0 Å². The van der Waals surface area contributed by atoms with Crippen LogP contribution >= 0.6 is 0 Å². The van der Waals surface area contributed by atoms with Crippen LogP contribution in [0.5, 0.6) is 0 Å². The molecule has 1 aliphatic heterocycles. The summed E-state index contributed by atoms with van der Waals surface area (Å²) < 4.78 is 13.8. The molecule has 3 aromatic rings. The highest BCUT2D eigenvalue weighted by Gasteiger charge is 2.18. The number of likely N-dealkylation sites (tertiary alicyclic amines) is 1. The molecule has 0 radical (unpaired) electrons. The largest absolute Gasteiger partial charge is 0.380 e. The van der Waals surface area contributed by atoms with Crippen LogP contribution in [0.4, 0.5) is 15.9 Å². The van der Waals surface area contributed by atoms with Gasteiger partial charge in [-0.25, -0.2) is 9.37 Å². The molecule has 0 unspecified atom stereocenters. The van der Waals surface area contributed by atoms with Crippen molar-refractivity contribution in [1.29, 1.82) is 5.41 Å². The lowest BCUT2D eigenvalue weighted by Crippen LogP contribution is -2.42. The number of hydrogen-bond acceptors (Lipinski definition) is 4. The van der Waals surface area contributed by atoms with Crippen molar-refractivity contribution in [1.82, 2.24) is 9.88 Å². The number of carbonyl (C=O) groups excluding carboxylic acids is 1. The number of pyridine rings is 1. The van der Waals surface area contributed by atoms with Crippen LogP contribution in [0.15, 0.2) is 60.8 Å². The third-order valence-electron chi connectivity index (χ3n) is 5.26. The lowest BCUT2D eigenvalue weighted by atomic mass is 10.1. The number of amidine groups is 1. The summed E-state index contributed by atoms with van der Waals surface area (Å²) in [5.74, 6) is 0.0390. The zero-order valence-corrected chi connectivity index (χ0v) is 17.3. The highest BCUT2D eigenvalue weighted by molar-refractivity contribution is 6.07. The summed E-state index contributed by atoms with van der Waals surface area (Å²) in [5, 5.41) is 14.1. The molecule has 1 saturated heterocycles. The summed E-state index contributed by atoms with van der Waals surface area (Å²) in [5.41, 5.74) is 3.60. The van der Waals surface area contributed by atoms with Crippen molar-refractivity contribution in [2.75, 3.05) is 23.7 Å². The highest BCUT2D eigenvalue weighted by Crippen LogP contribution is 2.20. The zero-order valence-electron chi connectivity index (χ0n) is 17.3. The molecule has 0 aliphatic carbocycles. The van der Waals surface area contributed by atoms with Crippen molar-refractivity contribution in [3.05, 3.63) is 88.9 Å². The van der Waals surface area contributed by atoms with Gasteiger partial charge in [0.15, 0.2) is 0 Å². The van der Waals surface area contributed by atoms with Crippen LogP contribution in [-0.2, 0) is 6.54 Å². The molecule has 0 saturated carbocycles. The molecule has 6 nitrogen and oxygen atoms in total. The number of carbonyl (C=O) groups is 1. The van der Waals surface area contributed by atoms with Gasteiger partial charge in [0, 0.05) is 37.1 Å². The van der Waals surface area contributed by atoms with Gasteiger partial charge >= 0.3 is 0 Å². The Labute approximate surface area is 180 Å². The lowest BCUT2D eigenvalue weighted by Gasteiger charge is -2.33. The van der Waals surface area contributed by atoms with Crippen molar-refractivity contribution < 1.29 is 9.18 Å². The number of anilines is 2. The average molecular weight is 417 g/mol. The molecule has 4 rings (SSSR count). The summed E-state index contributed by atoms with van der Waals surface area (Å²) in [7, 11) is 0. The first-order chi connectivity index (χ1) is 15.0. The summed E-state index contributed by atoms with van der Waals surface area (Å²) in [4.78, 5) is 18.9. The Morgan fingerprint density at radius 3 is 2.55 bits per heavy atom. The van der Waals surface area contributed by atoms with Gasteiger partial charge in [-0.2, -0.15) is 0 Å². The number of aryl methyl sites for hydroxylation is 1. The topological polar surface area (TPSA) is 81.1 Å². The van der Waals surface area contributed by atoms with Crippen LogP contribution in [-0.4, -0.2) is 34.7 Å². The zero-order chi connectivity index (χ0) is 21.8. The van der Waals surface area contributed by atoms with E-state index in [1.165, 1.54) is 12.1 Å². The molecule has 7 heteroatoms. The van der Waals surface area contributed by atoms with E-state index in [2.05, 4.69) is 15.6 Å². The monoisotopic (exact) mass is 417 g/mol. The van der Waals surface area contributed by atoms with E-state index in [0.717, 1.165) is 36.2 Å². The van der Waals surface area contributed by atoms with Gasteiger partial charge in [0.25, 0.3) is 5.91 Å². The van der Waals surface area contributed by atoms with E-state index in [1.807, 2.05) is 42.2 Å². The molecule has 3 N–H and O–H groups in total. The summed E-state index contributed by atoms with van der Waals surface area (Å²) in [6.07, 6.45) is 2.80. The van der Waals surface area contributed by atoms with E-state index in [-0.39, 0.29) is 5.56 Å². The lowest BCUT2D eigenvalue weighted by molar-refractivity contribution is 0.102. The van der Waals surface area contributed by atoms with Gasteiger partial charge in [-0.15, -0.1) is 0 Å². The molecular formula is C24H24FN5O. The van der Waals surface area contributed by atoms with Crippen molar-refractivity contribution >= 4 is 23.2 Å². The Morgan fingerprint density at radius 2 is 1.90 bits per heavy atom. The minimum absolute atomic E-state index is 0.207. The molecule has 158 valence electrons. The second-order valence-corrected chi connectivity index (χ2v) is 7.60. The van der Waals surface area contributed by atoms with Crippen molar-refractivity contribution in [2.45, 2.75) is 19.9 Å². The minimum Gasteiger partial charge on any atom is -0.380 e. The van der Waals surface area contributed by atoms with Crippen LogP contribution < -0.4 is 10.6 Å². The summed E-state index contributed by atoms with van der Waals surface area (Å²) in [6.45, 7) is 4.25. The Balaban J connectivity index is 1.44. The van der Waals surface area contributed by atoms with E-state index < -0.39 is 11.7 Å². The number of nitrogens with zero attached hydrogens (tertiary/aromatic N) is 2. The van der Waals surface area contributed by atoms with E-state index in [1.54, 1.807) is 18.3 Å². The molecule has 31 heavy (non-hydrogen) atoms. The first-order valence-electron chi connectivity index (χ1n) is 10.2. The molecule has 1 amide bonds. The fourth-order valence-corrected chi connectivity index (χ4v) is 3.28. The third kappa shape index (κ3) is 4.88. The molecule has 1 aromatic heterocycles. The van der Waals surface area contributed by atoms with Gasteiger partial charge < -0.3 is 15.5 Å². The van der Waals surface area contributed by atoms with E-state index in [9.17, 15) is 9.18 Å². The predicted molar refractivity (Wildman–Crippen MR) is 120 cm³/mol. The summed E-state index contributed by atoms with van der Waals surface area (Å²) >= 11 is 0. The van der Waals surface area contributed by atoms with Crippen molar-refractivity contribution in [3.63, 3.8) is 0 Å². The van der Waals surface area contributed by atoms with Crippen LogP contribution in [0.1, 0.15) is 33.5 Å². The number of benzene rings is 2. The van der Waals surface area contributed by atoms with Crippen LogP contribution in [0.2, 0.25) is 0 Å². The van der Waals surface area contributed by atoms with Gasteiger partial charge in [0.05, 0.1) is 5.56 Å². The Bertz CT molecular complexity index is 1090. The van der Waals surface area contributed by atoms with Gasteiger partial charge in [-0.05, 0) is 48.7 Å². The minimum atomic E-state index is -0.485. The molecule has 0 atom stereocenters. The Morgan fingerprint density at radius 1 is 1.13 bits per heavy atom. The van der Waals surface area contributed by atoms with E-state index >= 15 is 0 Å². The van der Waals surface area contributed by atoms with Crippen LogP contribution in [0.3, 0.4) is 0 Å². The standard InChI is InChI=1S/C24H24FN5O/c1-16-3-10-22(28-14-16)29-24(31)20-13-19(25)8-9-21(20)27-15-17-4-6-18(7-5-17)23(26)30-11-2-12-30/h3-10,13-14,26-27H,2,11-12,15H2,1H3,(H,28,29,31). The number of aromatic nitrogens is 1. The number of rotatable bonds is 6. The smallest absolute Gasteiger partial charge is 0.259 e. The number of nitrogens with one attached hydrogen (secondary N) is 3. The van der Waals surface area contributed by atoms with Gasteiger partial charge in [-0.1, -0.05) is 30.3 Å². The average Bonchev–Trinajstić information content (AvgIpc) is 2.73. The molecular weight excluding hydrogens is 393 g/mol. The fourth-order valence-electron chi connectivity index (χ4n) is 3.28. The van der Waals surface area contributed by atoms with Gasteiger partial charge in [0.1, 0.15) is 17.5 Å².